The van der Waals surface area contributed by atoms with Gasteiger partial charge in [0.25, 0.3) is 0 Å². The van der Waals surface area contributed by atoms with Crippen LogP contribution in [0.15, 0.2) is 41.4 Å². The van der Waals surface area contributed by atoms with Gasteiger partial charge in [-0.1, -0.05) is 28.6 Å². The van der Waals surface area contributed by atoms with Crippen LogP contribution in [0.3, 0.4) is 0 Å². The fourth-order valence-electron chi connectivity index (χ4n) is 1.26. The molecular formula is C13H16BrNO2. The highest BCUT2D eigenvalue weighted by molar-refractivity contribution is 9.10. The fourth-order valence-corrected chi connectivity index (χ4v) is 1.64. The van der Waals surface area contributed by atoms with Crippen LogP contribution in [0, 0.1) is 0 Å². The van der Waals surface area contributed by atoms with Gasteiger partial charge in [-0.15, -0.1) is 0 Å². The van der Waals surface area contributed by atoms with E-state index < -0.39 is 0 Å². The van der Waals surface area contributed by atoms with Crippen LogP contribution >= 0.6 is 15.9 Å². The minimum Gasteiger partial charge on any atom is -0.494 e. The minimum absolute atomic E-state index is 0.127. The highest BCUT2D eigenvalue weighted by Crippen LogP contribution is 2.17. The monoisotopic (exact) mass is 297 g/mol. The van der Waals surface area contributed by atoms with Crippen LogP contribution in [0.1, 0.15) is 12.8 Å². The molecule has 0 atom stereocenters. The highest BCUT2D eigenvalue weighted by Gasteiger charge is 1.96. The number of hydrogen-bond acceptors (Lipinski definition) is 2. The summed E-state index contributed by atoms with van der Waals surface area (Å²) >= 11 is 3.38. The van der Waals surface area contributed by atoms with E-state index in [9.17, 15) is 4.79 Å². The molecule has 17 heavy (non-hydrogen) atoms. The summed E-state index contributed by atoms with van der Waals surface area (Å²) in [5, 5.41) is 2.72. The van der Waals surface area contributed by atoms with Crippen molar-refractivity contribution in [3.8, 4) is 5.75 Å². The second-order valence-corrected chi connectivity index (χ2v) is 4.42. The summed E-state index contributed by atoms with van der Waals surface area (Å²) in [6.07, 6.45) is 3.08. The number of amides is 1. The Balaban J connectivity index is 2.08. The molecule has 0 unspecified atom stereocenters. The molecule has 4 heteroatoms. The average molecular weight is 298 g/mol. The van der Waals surface area contributed by atoms with Gasteiger partial charge >= 0.3 is 0 Å². The zero-order valence-electron chi connectivity index (χ0n) is 9.62. The lowest BCUT2D eigenvalue weighted by Crippen LogP contribution is -2.22. The van der Waals surface area contributed by atoms with E-state index in [1.54, 1.807) is 0 Å². The zero-order chi connectivity index (χ0) is 12.5. The molecule has 0 saturated carbocycles. The Labute approximate surface area is 110 Å². The van der Waals surface area contributed by atoms with Gasteiger partial charge in [0.2, 0.25) is 5.91 Å². The molecule has 0 aliphatic rings. The molecule has 3 nitrogen and oxygen atoms in total. The van der Waals surface area contributed by atoms with Gasteiger partial charge < -0.3 is 10.1 Å². The number of ether oxygens (including phenoxy) is 1. The summed E-state index contributed by atoms with van der Waals surface area (Å²) < 4.78 is 6.56. The first kappa shape index (κ1) is 13.8. The number of unbranched alkanes of at least 4 members (excludes halogenated alkanes) is 1. The van der Waals surface area contributed by atoms with Crippen molar-refractivity contribution in [1.82, 2.24) is 5.32 Å². The topological polar surface area (TPSA) is 38.3 Å². The Morgan fingerprint density at radius 2 is 2.29 bits per heavy atom. The normalized spacial score (nSPS) is 9.71. The molecule has 0 saturated heterocycles. The smallest absolute Gasteiger partial charge is 0.243 e. The van der Waals surface area contributed by atoms with Gasteiger partial charge in [0, 0.05) is 11.0 Å². The van der Waals surface area contributed by atoms with Gasteiger partial charge in [0.05, 0.1) is 6.61 Å². The second kappa shape index (κ2) is 7.90. The maximum absolute atomic E-state index is 10.8. The van der Waals surface area contributed by atoms with Crippen molar-refractivity contribution >= 4 is 21.8 Å². The lowest BCUT2D eigenvalue weighted by Gasteiger charge is -2.06. The predicted molar refractivity (Wildman–Crippen MR) is 72.1 cm³/mol. The van der Waals surface area contributed by atoms with Crippen LogP contribution < -0.4 is 10.1 Å². The van der Waals surface area contributed by atoms with Gasteiger partial charge in [0.1, 0.15) is 5.75 Å². The van der Waals surface area contributed by atoms with Crippen molar-refractivity contribution in [1.29, 1.82) is 0 Å². The summed E-state index contributed by atoms with van der Waals surface area (Å²) in [6, 6.07) is 7.74. The first-order valence-corrected chi connectivity index (χ1v) is 6.30. The number of rotatable bonds is 7. The number of halogens is 1. The molecule has 0 aromatic heterocycles. The summed E-state index contributed by atoms with van der Waals surface area (Å²) in [6.45, 7) is 4.70. The van der Waals surface area contributed by atoms with E-state index in [4.69, 9.17) is 4.74 Å². The fraction of sp³-hybridized carbons (Fsp3) is 0.308. The molecule has 0 fully saturated rings. The largest absolute Gasteiger partial charge is 0.494 e. The van der Waals surface area contributed by atoms with E-state index in [1.165, 1.54) is 6.08 Å². The second-order valence-electron chi connectivity index (χ2n) is 3.51. The summed E-state index contributed by atoms with van der Waals surface area (Å²) in [7, 11) is 0. The molecule has 92 valence electrons. The van der Waals surface area contributed by atoms with Crippen molar-refractivity contribution in [2.75, 3.05) is 13.2 Å². The standard InChI is InChI=1S/C13H16BrNO2/c1-2-13(16)15-8-3-4-9-17-12-7-5-6-11(14)10-12/h2,5-7,10H,1,3-4,8-9H2,(H,15,16). The summed E-state index contributed by atoms with van der Waals surface area (Å²) in [4.78, 5) is 10.8. The van der Waals surface area contributed by atoms with Gasteiger partial charge in [-0.2, -0.15) is 0 Å². The van der Waals surface area contributed by atoms with E-state index in [-0.39, 0.29) is 5.91 Å². The Morgan fingerprint density at radius 3 is 3.00 bits per heavy atom. The van der Waals surface area contributed by atoms with Gasteiger partial charge in [-0.05, 0) is 37.1 Å². The molecule has 0 spiro atoms. The molecular weight excluding hydrogens is 282 g/mol. The third-order valence-corrected chi connectivity index (χ3v) is 2.61. The van der Waals surface area contributed by atoms with Gasteiger partial charge in [0.15, 0.2) is 0 Å². The van der Waals surface area contributed by atoms with Crippen LogP contribution in [0.5, 0.6) is 5.75 Å². The highest BCUT2D eigenvalue weighted by atomic mass is 79.9. The molecule has 0 heterocycles. The molecule has 0 radical (unpaired) electrons. The molecule has 1 amide bonds. The van der Waals surface area contributed by atoms with Crippen molar-refractivity contribution in [2.24, 2.45) is 0 Å². The number of nitrogens with one attached hydrogen (secondary N) is 1. The zero-order valence-corrected chi connectivity index (χ0v) is 11.2. The van der Waals surface area contributed by atoms with Crippen LogP contribution in [-0.4, -0.2) is 19.1 Å². The lowest BCUT2D eigenvalue weighted by molar-refractivity contribution is -0.116. The Bertz CT molecular complexity index is 379. The van der Waals surface area contributed by atoms with E-state index in [0.717, 1.165) is 23.1 Å². The Morgan fingerprint density at radius 1 is 1.47 bits per heavy atom. The summed E-state index contributed by atoms with van der Waals surface area (Å²) in [5.41, 5.74) is 0. The quantitative estimate of drug-likeness (QED) is 0.621. The Hall–Kier alpha value is -1.29. The van der Waals surface area contributed by atoms with Crippen molar-refractivity contribution < 1.29 is 9.53 Å². The maximum atomic E-state index is 10.8. The number of carbonyl (C=O) groups is 1. The van der Waals surface area contributed by atoms with Crippen LogP contribution in [0.25, 0.3) is 0 Å². The van der Waals surface area contributed by atoms with Crippen LogP contribution in [-0.2, 0) is 4.79 Å². The molecule has 1 aromatic carbocycles. The van der Waals surface area contributed by atoms with Crippen LogP contribution in [0.2, 0.25) is 0 Å². The number of benzene rings is 1. The lowest BCUT2D eigenvalue weighted by atomic mass is 10.3. The first-order valence-electron chi connectivity index (χ1n) is 5.51. The predicted octanol–water partition coefficient (Wildman–Crippen LogP) is 2.91. The van der Waals surface area contributed by atoms with Crippen molar-refractivity contribution in [3.63, 3.8) is 0 Å². The molecule has 1 N–H and O–H groups in total. The third kappa shape index (κ3) is 6.12. The van der Waals surface area contributed by atoms with Gasteiger partial charge in [-0.25, -0.2) is 0 Å². The summed E-state index contributed by atoms with van der Waals surface area (Å²) in [5.74, 6) is 0.729. The minimum atomic E-state index is -0.127. The number of hydrogen-bond donors (Lipinski definition) is 1. The van der Waals surface area contributed by atoms with E-state index in [1.807, 2.05) is 24.3 Å². The number of carbonyl (C=O) groups excluding carboxylic acids is 1. The van der Waals surface area contributed by atoms with E-state index >= 15 is 0 Å². The third-order valence-electron chi connectivity index (χ3n) is 2.12. The molecule has 1 aromatic rings. The molecule has 0 bridgehead atoms. The van der Waals surface area contributed by atoms with Crippen molar-refractivity contribution in [2.45, 2.75) is 12.8 Å². The maximum Gasteiger partial charge on any atom is 0.243 e. The molecule has 1 rings (SSSR count). The molecule has 0 aliphatic heterocycles. The van der Waals surface area contributed by atoms with E-state index in [0.29, 0.717) is 13.2 Å². The SMILES string of the molecule is C=CC(=O)NCCCCOc1cccc(Br)c1. The first-order chi connectivity index (χ1) is 8.22. The average Bonchev–Trinajstić information content (AvgIpc) is 2.33. The van der Waals surface area contributed by atoms with Gasteiger partial charge in [-0.3, -0.25) is 4.79 Å². The van der Waals surface area contributed by atoms with Crippen molar-refractivity contribution in [3.05, 3.63) is 41.4 Å². The Kier molecular flexibility index (Phi) is 6.40. The van der Waals surface area contributed by atoms with E-state index in [2.05, 4.69) is 27.8 Å². The van der Waals surface area contributed by atoms with Crippen LogP contribution in [0.4, 0.5) is 0 Å². The molecule has 0 aliphatic carbocycles.